The van der Waals surface area contributed by atoms with Crippen molar-refractivity contribution in [1.82, 2.24) is 14.8 Å². The highest BCUT2D eigenvalue weighted by Gasteiger charge is 2.56. The summed E-state index contributed by atoms with van der Waals surface area (Å²) in [5.41, 5.74) is 0.891. The molecule has 5 rings (SSSR count). The quantitative estimate of drug-likeness (QED) is 0.450. The van der Waals surface area contributed by atoms with Gasteiger partial charge in [-0.2, -0.15) is 18.8 Å². The van der Waals surface area contributed by atoms with Gasteiger partial charge in [0.15, 0.2) is 22.8 Å². The molecule has 2 aromatic rings. The van der Waals surface area contributed by atoms with E-state index in [0.717, 1.165) is 6.26 Å². The van der Waals surface area contributed by atoms with Crippen LogP contribution in [0.25, 0.3) is 11.0 Å². The second-order valence-electron chi connectivity index (χ2n) is 9.12. The average molecular weight is 516 g/mol. The molecule has 3 aliphatic rings. The van der Waals surface area contributed by atoms with E-state index in [4.69, 9.17) is 30.0 Å². The minimum absolute atomic E-state index is 0.0363. The summed E-state index contributed by atoms with van der Waals surface area (Å²) in [6, 6.07) is 1.91. The highest BCUT2D eigenvalue weighted by Crippen LogP contribution is 2.44. The third-order valence-electron chi connectivity index (χ3n) is 6.05. The second kappa shape index (κ2) is 8.25. The normalized spacial score (nSPS) is 32.4. The number of nitrogens with zero attached hydrogens (tertiary/aromatic N) is 4. The van der Waals surface area contributed by atoms with Gasteiger partial charge in [-0.25, -0.2) is 14.1 Å². The highest BCUT2D eigenvalue weighted by atomic mass is 35.5. The third kappa shape index (κ3) is 4.23. The van der Waals surface area contributed by atoms with Crippen LogP contribution >= 0.6 is 11.6 Å². The molecule has 4 atom stereocenters. The van der Waals surface area contributed by atoms with Crippen LogP contribution in [0.2, 0.25) is 5.15 Å². The van der Waals surface area contributed by atoms with Crippen molar-refractivity contribution in [2.45, 2.75) is 69.2 Å². The van der Waals surface area contributed by atoms with Gasteiger partial charge in [-0.15, -0.1) is 0 Å². The molecule has 2 aromatic heterocycles. The molecular formula is C20H23ClFN5O6S. The summed E-state index contributed by atoms with van der Waals surface area (Å²) >= 11 is 6.33. The van der Waals surface area contributed by atoms with Crippen molar-refractivity contribution in [2.24, 2.45) is 0 Å². The van der Waals surface area contributed by atoms with E-state index in [2.05, 4.69) is 15.4 Å². The molecule has 2 aliphatic heterocycles. The summed E-state index contributed by atoms with van der Waals surface area (Å²) in [6.45, 7) is 3.22. The largest absolute Gasteiger partial charge is 0.380 e. The summed E-state index contributed by atoms with van der Waals surface area (Å²) in [7, 11) is -3.70. The zero-order valence-corrected chi connectivity index (χ0v) is 20.1. The number of rotatable bonds is 6. The van der Waals surface area contributed by atoms with Gasteiger partial charge in [0.2, 0.25) is 0 Å². The minimum Gasteiger partial charge on any atom is -0.380 e. The van der Waals surface area contributed by atoms with E-state index in [-0.39, 0.29) is 23.4 Å². The van der Waals surface area contributed by atoms with Gasteiger partial charge in [-0.3, -0.25) is 4.18 Å². The second-order valence-corrected chi connectivity index (χ2v) is 11.1. The van der Waals surface area contributed by atoms with E-state index in [0.29, 0.717) is 29.6 Å². The summed E-state index contributed by atoms with van der Waals surface area (Å²) in [5, 5.41) is 17.7. The molecule has 0 radical (unpaired) electrons. The fraction of sp³-hybridized carbons (Fsp3) is 0.650. The van der Waals surface area contributed by atoms with E-state index in [1.54, 1.807) is 13.8 Å². The molecule has 14 heteroatoms. The van der Waals surface area contributed by atoms with Gasteiger partial charge in [-0.05, 0) is 26.7 Å². The first-order valence-corrected chi connectivity index (χ1v) is 12.9. The Morgan fingerprint density at radius 1 is 1.38 bits per heavy atom. The smallest absolute Gasteiger partial charge is 0.264 e. The first-order valence-electron chi connectivity index (χ1n) is 10.7. The summed E-state index contributed by atoms with van der Waals surface area (Å²) in [6.07, 6.45) is -0.592. The molecule has 0 unspecified atom stereocenters. The van der Waals surface area contributed by atoms with Crippen molar-refractivity contribution < 1.29 is 31.2 Å². The Morgan fingerprint density at radius 3 is 2.74 bits per heavy atom. The predicted molar refractivity (Wildman–Crippen MR) is 117 cm³/mol. The van der Waals surface area contributed by atoms with Crippen LogP contribution in [0, 0.1) is 11.3 Å². The Labute approximate surface area is 200 Å². The molecule has 0 bridgehead atoms. The Bertz CT molecular complexity index is 1270. The van der Waals surface area contributed by atoms with Gasteiger partial charge in [-0.1, -0.05) is 11.6 Å². The fourth-order valence-electron chi connectivity index (χ4n) is 4.52. The average Bonchev–Trinajstić information content (AvgIpc) is 3.35. The van der Waals surface area contributed by atoms with Crippen molar-refractivity contribution in [1.29, 1.82) is 5.26 Å². The van der Waals surface area contributed by atoms with Gasteiger partial charge < -0.3 is 19.5 Å². The maximum Gasteiger partial charge on any atom is 0.264 e. The molecule has 1 aliphatic carbocycles. The lowest BCUT2D eigenvalue weighted by molar-refractivity contribution is -0.200. The number of halogens is 2. The monoisotopic (exact) mass is 515 g/mol. The van der Waals surface area contributed by atoms with E-state index < -0.39 is 46.6 Å². The SMILES string of the molecule is CC1(C)O[C@@H]2[C@H](O1)[C@@H](COS(C)(=O)=O)O[C@H]2n1ncc2c(NC3CC(F)C3)c(C#N)c(Cl)nc21. The van der Waals surface area contributed by atoms with Crippen LogP contribution in [0.3, 0.4) is 0 Å². The first-order chi connectivity index (χ1) is 16.0. The van der Waals surface area contributed by atoms with Gasteiger partial charge in [0.05, 0.1) is 30.1 Å². The lowest BCUT2D eigenvalue weighted by Gasteiger charge is -2.31. The van der Waals surface area contributed by atoms with Crippen LogP contribution in [0.5, 0.6) is 0 Å². The number of nitriles is 1. The van der Waals surface area contributed by atoms with Crippen LogP contribution in [0.4, 0.5) is 10.1 Å². The predicted octanol–water partition coefficient (Wildman–Crippen LogP) is 2.26. The Morgan fingerprint density at radius 2 is 2.09 bits per heavy atom. The van der Waals surface area contributed by atoms with Gasteiger partial charge in [0.1, 0.15) is 36.1 Å². The Kier molecular flexibility index (Phi) is 5.74. The summed E-state index contributed by atoms with van der Waals surface area (Å²) < 4.78 is 60.9. The molecule has 0 amide bonds. The van der Waals surface area contributed by atoms with Crippen molar-refractivity contribution >= 4 is 38.4 Å². The molecule has 184 valence electrons. The van der Waals surface area contributed by atoms with Crippen LogP contribution in [0.15, 0.2) is 6.20 Å². The van der Waals surface area contributed by atoms with E-state index in [9.17, 15) is 18.1 Å². The number of hydrogen-bond donors (Lipinski definition) is 1. The number of aromatic nitrogens is 3. The van der Waals surface area contributed by atoms with Gasteiger partial charge in [0, 0.05) is 6.04 Å². The van der Waals surface area contributed by atoms with E-state index >= 15 is 0 Å². The molecule has 4 heterocycles. The Balaban J connectivity index is 1.52. The van der Waals surface area contributed by atoms with Crippen molar-refractivity contribution in [3.8, 4) is 6.07 Å². The number of fused-ring (bicyclic) bond motifs is 2. The third-order valence-corrected chi connectivity index (χ3v) is 6.89. The molecule has 0 aromatic carbocycles. The topological polar surface area (TPSA) is 138 Å². The molecule has 34 heavy (non-hydrogen) atoms. The van der Waals surface area contributed by atoms with E-state index in [1.807, 2.05) is 6.07 Å². The lowest BCUT2D eigenvalue weighted by Crippen LogP contribution is -2.36. The molecule has 1 N–H and O–H groups in total. The zero-order chi connectivity index (χ0) is 24.4. The molecule has 1 saturated carbocycles. The van der Waals surface area contributed by atoms with Crippen LogP contribution in [0.1, 0.15) is 38.5 Å². The standard InChI is InChI=1S/C20H23ClFN5O6S/c1-20(2)32-15-13(8-30-34(3,28)29)31-19(16(15)33-20)27-18-12(7-24-27)14(11(6-23)17(21)26-18)25-10-4-9(22)5-10/h7,9-10,13,15-16,19H,4-5,8H2,1-3H3,(H,25,26)/t9?,10?,13-,15-,16-,19-/m1/s1. The van der Waals surface area contributed by atoms with Crippen molar-refractivity contribution in [3.63, 3.8) is 0 Å². The van der Waals surface area contributed by atoms with Crippen LogP contribution in [-0.2, 0) is 28.5 Å². The lowest BCUT2D eigenvalue weighted by atomic mass is 9.90. The minimum atomic E-state index is -3.70. The summed E-state index contributed by atoms with van der Waals surface area (Å²) in [5.74, 6) is -0.942. The highest BCUT2D eigenvalue weighted by molar-refractivity contribution is 7.85. The number of pyridine rings is 1. The number of anilines is 1. The molecular weight excluding hydrogens is 493 g/mol. The molecule has 0 spiro atoms. The molecule has 11 nitrogen and oxygen atoms in total. The summed E-state index contributed by atoms with van der Waals surface area (Å²) in [4.78, 5) is 4.36. The van der Waals surface area contributed by atoms with Crippen molar-refractivity contribution in [3.05, 3.63) is 16.9 Å². The first kappa shape index (κ1) is 23.7. The number of alkyl halides is 1. The molecule has 2 saturated heterocycles. The number of nitrogens with one attached hydrogen (secondary N) is 1. The maximum atomic E-state index is 13.4. The maximum absolute atomic E-state index is 13.4. The zero-order valence-electron chi connectivity index (χ0n) is 18.6. The fourth-order valence-corrected chi connectivity index (χ4v) is 5.12. The number of hydrogen-bond acceptors (Lipinski definition) is 10. The van der Waals surface area contributed by atoms with Crippen LogP contribution < -0.4 is 5.32 Å². The Hall–Kier alpha value is -2.08. The number of ether oxygens (including phenoxy) is 3. The van der Waals surface area contributed by atoms with Crippen LogP contribution in [-0.4, -0.2) is 72.4 Å². The van der Waals surface area contributed by atoms with Gasteiger partial charge in [0.25, 0.3) is 10.1 Å². The van der Waals surface area contributed by atoms with Crippen molar-refractivity contribution in [2.75, 3.05) is 18.2 Å². The van der Waals surface area contributed by atoms with Gasteiger partial charge >= 0.3 is 0 Å². The van der Waals surface area contributed by atoms with E-state index in [1.165, 1.54) is 10.9 Å². The molecule has 3 fully saturated rings.